The van der Waals surface area contributed by atoms with Gasteiger partial charge in [0.2, 0.25) is 0 Å². The zero-order valence-electron chi connectivity index (χ0n) is 10.2. The highest BCUT2D eigenvalue weighted by Crippen LogP contribution is 2.23. The lowest BCUT2D eigenvalue weighted by Crippen LogP contribution is -1.97. The van der Waals surface area contributed by atoms with Crippen molar-refractivity contribution < 1.29 is 9.84 Å². The Hall–Kier alpha value is -1.07. The second-order valence-electron chi connectivity index (χ2n) is 4.20. The quantitative estimate of drug-likeness (QED) is 0.849. The van der Waals surface area contributed by atoms with Gasteiger partial charge < -0.3 is 9.84 Å². The summed E-state index contributed by atoms with van der Waals surface area (Å²) in [5.41, 5.74) is 3.31. The van der Waals surface area contributed by atoms with Crippen LogP contribution in [-0.2, 0) is 13.2 Å². The van der Waals surface area contributed by atoms with Crippen LogP contribution in [-0.4, -0.2) is 5.11 Å². The van der Waals surface area contributed by atoms with E-state index in [1.165, 1.54) is 5.56 Å². The van der Waals surface area contributed by atoms with E-state index in [2.05, 4.69) is 53.8 Å². The van der Waals surface area contributed by atoms with Gasteiger partial charge in [0.25, 0.3) is 0 Å². The van der Waals surface area contributed by atoms with Gasteiger partial charge in [0.1, 0.15) is 12.4 Å². The smallest absolute Gasteiger partial charge is 0.133 e. The van der Waals surface area contributed by atoms with Gasteiger partial charge in [-0.2, -0.15) is 0 Å². The highest BCUT2D eigenvalue weighted by atomic mass is 127. The van der Waals surface area contributed by atoms with Crippen molar-refractivity contribution in [1.29, 1.82) is 0 Å². The lowest BCUT2D eigenvalue weighted by molar-refractivity contribution is 0.280. The Bertz CT molecular complexity index is 521. The largest absolute Gasteiger partial charge is 0.488 e. The maximum Gasteiger partial charge on any atom is 0.133 e. The molecule has 1 N–H and O–H groups in total. The Morgan fingerprint density at radius 3 is 2.33 bits per heavy atom. The average molecular weight is 354 g/mol. The van der Waals surface area contributed by atoms with Crippen LogP contribution in [0.3, 0.4) is 0 Å². The van der Waals surface area contributed by atoms with Gasteiger partial charge in [0, 0.05) is 0 Å². The first-order chi connectivity index (χ1) is 8.69. The molecule has 0 aliphatic carbocycles. The number of hydrogen-bond acceptors (Lipinski definition) is 2. The summed E-state index contributed by atoms with van der Waals surface area (Å²) in [5.74, 6) is 0.855. The molecule has 0 saturated carbocycles. The van der Waals surface area contributed by atoms with Crippen molar-refractivity contribution in [2.45, 2.75) is 20.1 Å². The summed E-state index contributed by atoms with van der Waals surface area (Å²) in [4.78, 5) is 0. The van der Waals surface area contributed by atoms with E-state index in [1.54, 1.807) is 0 Å². The molecule has 0 saturated heterocycles. The van der Waals surface area contributed by atoms with Gasteiger partial charge in [-0.15, -0.1) is 0 Å². The molecule has 0 bridgehead atoms. The Morgan fingerprint density at radius 2 is 1.72 bits per heavy atom. The highest BCUT2D eigenvalue weighted by molar-refractivity contribution is 14.1. The molecule has 0 aromatic heterocycles. The van der Waals surface area contributed by atoms with Crippen LogP contribution in [0.5, 0.6) is 5.75 Å². The molecular weight excluding hydrogens is 339 g/mol. The van der Waals surface area contributed by atoms with Gasteiger partial charge in [0.05, 0.1) is 10.2 Å². The van der Waals surface area contributed by atoms with Crippen LogP contribution in [0, 0.1) is 10.5 Å². The summed E-state index contributed by atoms with van der Waals surface area (Å²) >= 11 is 2.22. The number of ether oxygens (including phenoxy) is 1. The minimum atomic E-state index is 0.0637. The van der Waals surface area contributed by atoms with Gasteiger partial charge in [-0.1, -0.05) is 35.9 Å². The number of benzene rings is 2. The first-order valence-electron chi connectivity index (χ1n) is 5.76. The van der Waals surface area contributed by atoms with Crippen molar-refractivity contribution in [1.82, 2.24) is 0 Å². The topological polar surface area (TPSA) is 29.5 Å². The van der Waals surface area contributed by atoms with Crippen LogP contribution in [0.4, 0.5) is 0 Å². The molecule has 0 aliphatic heterocycles. The highest BCUT2D eigenvalue weighted by Gasteiger charge is 2.02. The van der Waals surface area contributed by atoms with Crippen molar-refractivity contribution in [3.63, 3.8) is 0 Å². The van der Waals surface area contributed by atoms with Gasteiger partial charge in [-0.3, -0.25) is 0 Å². The molecule has 0 amide bonds. The van der Waals surface area contributed by atoms with Gasteiger partial charge in [0.15, 0.2) is 0 Å². The van der Waals surface area contributed by atoms with Gasteiger partial charge in [-0.05, 0) is 52.8 Å². The molecule has 0 aliphatic rings. The normalized spacial score (nSPS) is 10.4. The number of aliphatic hydroxyl groups is 1. The van der Waals surface area contributed by atoms with E-state index in [1.807, 2.05) is 18.2 Å². The number of rotatable bonds is 4. The molecule has 2 aromatic carbocycles. The van der Waals surface area contributed by atoms with Gasteiger partial charge in [-0.25, -0.2) is 0 Å². The minimum absolute atomic E-state index is 0.0637. The van der Waals surface area contributed by atoms with Crippen LogP contribution < -0.4 is 4.74 Å². The molecule has 0 atom stereocenters. The van der Waals surface area contributed by atoms with E-state index >= 15 is 0 Å². The van der Waals surface area contributed by atoms with E-state index in [-0.39, 0.29) is 6.61 Å². The fraction of sp³-hybridized carbons (Fsp3) is 0.200. The third-order valence-corrected chi connectivity index (χ3v) is 3.54. The monoisotopic (exact) mass is 354 g/mol. The zero-order chi connectivity index (χ0) is 13.0. The fourth-order valence-corrected chi connectivity index (χ4v) is 2.34. The Balaban J connectivity index is 2.04. The van der Waals surface area contributed by atoms with E-state index in [0.29, 0.717) is 6.61 Å². The SMILES string of the molecule is Cc1ccc(COc2ccc(CO)cc2I)cc1. The van der Waals surface area contributed by atoms with E-state index < -0.39 is 0 Å². The van der Waals surface area contributed by atoms with Crippen molar-refractivity contribution in [2.75, 3.05) is 0 Å². The van der Waals surface area contributed by atoms with Crippen LogP contribution in [0.2, 0.25) is 0 Å². The van der Waals surface area contributed by atoms with Crippen LogP contribution >= 0.6 is 22.6 Å². The summed E-state index contributed by atoms with van der Waals surface area (Å²) in [6.45, 7) is 2.70. The second kappa shape index (κ2) is 6.20. The van der Waals surface area contributed by atoms with Gasteiger partial charge >= 0.3 is 0 Å². The molecule has 2 nitrogen and oxygen atoms in total. The van der Waals surface area contributed by atoms with Crippen molar-refractivity contribution >= 4 is 22.6 Å². The molecule has 18 heavy (non-hydrogen) atoms. The Labute approximate surface area is 121 Å². The van der Waals surface area contributed by atoms with Crippen LogP contribution in [0.25, 0.3) is 0 Å². The summed E-state index contributed by atoms with van der Waals surface area (Å²) in [6, 6.07) is 14.0. The molecule has 0 heterocycles. The zero-order valence-corrected chi connectivity index (χ0v) is 12.3. The Morgan fingerprint density at radius 1 is 1.06 bits per heavy atom. The molecule has 2 aromatic rings. The molecule has 0 fully saturated rings. The summed E-state index contributed by atoms with van der Waals surface area (Å²) in [6.07, 6.45) is 0. The number of halogens is 1. The molecule has 0 unspecified atom stereocenters. The Kier molecular flexibility index (Phi) is 4.60. The average Bonchev–Trinajstić information content (AvgIpc) is 2.39. The first-order valence-corrected chi connectivity index (χ1v) is 6.84. The number of aliphatic hydroxyl groups excluding tert-OH is 1. The molecule has 94 valence electrons. The third-order valence-electron chi connectivity index (χ3n) is 2.69. The van der Waals surface area contributed by atoms with Crippen LogP contribution in [0.15, 0.2) is 42.5 Å². The molecule has 0 spiro atoms. The van der Waals surface area contributed by atoms with E-state index in [4.69, 9.17) is 9.84 Å². The van der Waals surface area contributed by atoms with Crippen LogP contribution in [0.1, 0.15) is 16.7 Å². The predicted octanol–water partition coefficient (Wildman–Crippen LogP) is 3.67. The van der Waals surface area contributed by atoms with Crippen molar-refractivity contribution in [2.24, 2.45) is 0 Å². The molecule has 3 heteroatoms. The predicted molar refractivity (Wildman–Crippen MR) is 80.6 cm³/mol. The summed E-state index contributed by atoms with van der Waals surface area (Å²) in [7, 11) is 0. The van der Waals surface area contributed by atoms with Crippen molar-refractivity contribution in [3.8, 4) is 5.75 Å². The lowest BCUT2D eigenvalue weighted by atomic mass is 10.2. The number of aryl methyl sites for hydroxylation is 1. The summed E-state index contributed by atoms with van der Waals surface area (Å²) in [5, 5.41) is 9.04. The summed E-state index contributed by atoms with van der Waals surface area (Å²) < 4.78 is 6.79. The van der Waals surface area contributed by atoms with Crippen molar-refractivity contribution in [3.05, 3.63) is 62.7 Å². The van der Waals surface area contributed by atoms with E-state index in [0.717, 1.165) is 20.4 Å². The maximum absolute atomic E-state index is 9.04. The third kappa shape index (κ3) is 3.46. The molecular formula is C15H15IO2. The first kappa shape index (κ1) is 13.4. The lowest BCUT2D eigenvalue weighted by Gasteiger charge is -2.09. The molecule has 2 rings (SSSR count). The minimum Gasteiger partial charge on any atom is -0.488 e. The maximum atomic E-state index is 9.04. The second-order valence-corrected chi connectivity index (χ2v) is 5.36. The fourth-order valence-electron chi connectivity index (χ4n) is 1.61. The standard InChI is InChI=1S/C15H15IO2/c1-11-2-4-12(5-3-11)10-18-15-7-6-13(9-17)8-14(15)16/h2-8,17H,9-10H2,1H3. The molecule has 0 radical (unpaired) electrons. The van der Waals surface area contributed by atoms with E-state index in [9.17, 15) is 0 Å². The number of hydrogen-bond donors (Lipinski definition) is 1.